The van der Waals surface area contributed by atoms with E-state index >= 15 is 0 Å². The molecular weight excluding hydrogens is 787 g/mol. The lowest BCUT2D eigenvalue weighted by Crippen LogP contribution is -2.61. The summed E-state index contributed by atoms with van der Waals surface area (Å²) in [6.07, 6.45) is 0. The van der Waals surface area contributed by atoms with E-state index in [0.29, 0.717) is 13.2 Å². The Kier molecular flexibility index (Phi) is 8.40. The molecular formula is C57H49BN2O4. The fraction of sp³-hybridized carbons (Fsp3) is 0.193. The van der Waals surface area contributed by atoms with E-state index in [1.165, 1.54) is 27.5 Å². The molecule has 12 rings (SSSR count). The van der Waals surface area contributed by atoms with Crippen LogP contribution in [0.4, 0.5) is 34.1 Å². The minimum atomic E-state index is -0.0802. The van der Waals surface area contributed by atoms with Crippen LogP contribution < -0.4 is 35.7 Å². The zero-order chi connectivity index (χ0) is 43.6. The van der Waals surface area contributed by atoms with Crippen LogP contribution in [0.2, 0.25) is 0 Å². The first-order chi connectivity index (χ1) is 30.9. The summed E-state index contributed by atoms with van der Waals surface area (Å²) in [6.45, 7) is 17.0. The van der Waals surface area contributed by atoms with Gasteiger partial charge in [-0.3, -0.25) is 0 Å². The van der Waals surface area contributed by atoms with Gasteiger partial charge in [0.1, 0.15) is 35.9 Å². The van der Waals surface area contributed by atoms with Crippen molar-refractivity contribution in [3.8, 4) is 34.1 Å². The highest BCUT2D eigenvalue weighted by Gasteiger charge is 2.45. The van der Waals surface area contributed by atoms with Crippen molar-refractivity contribution in [1.29, 1.82) is 0 Å². The molecule has 3 aliphatic rings. The zero-order valence-corrected chi connectivity index (χ0v) is 37.4. The molecule has 7 aromatic carbocycles. The van der Waals surface area contributed by atoms with E-state index in [1.807, 2.05) is 30.3 Å². The normalized spacial score (nSPS) is 14.2. The summed E-state index contributed by atoms with van der Waals surface area (Å²) < 4.78 is 26.0. The molecule has 5 heterocycles. The fourth-order valence-electron chi connectivity index (χ4n) is 10.1. The molecule has 0 amide bonds. The monoisotopic (exact) mass is 836 g/mol. The Morgan fingerprint density at radius 3 is 1.61 bits per heavy atom. The van der Waals surface area contributed by atoms with Gasteiger partial charge in [-0.1, -0.05) is 108 Å². The number of para-hydroxylation sites is 3. The van der Waals surface area contributed by atoms with Gasteiger partial charge in [-0.25, -0.2) is 0 Å². The number of anilines is 6. The number of ether oxygens (including phenoxy) is 2. The molecule has 0 bridgehead atoms. The van der Waals surface area contributed by atoms with Crippen LogP contribution in [0, 0.1) is 6.92 Å². The van der Waals surface area contributed by atoms with Gasteiger partial charge in [-0.2, -0.15) is 0 Å². The van der Waals surface area contributed by atoms with Gasteiger partial charge in [0.15, 0.2) is 11.5 Å². The quantitative estimate of drug-likeness (QED) is 0.165. The lowest BCUT2D eigenvalue weighted by molar-refractivity contribution is 0.172. The Morgan fingerprint density at radius 1 is 0.484 bits per heavy atom. The van der Waals surface area contributed by atoms with Gasteiger partial charge in [0.2, 0.25) is 0 Å². The van der Waals surface area contributed by atoms with E-state index in [-0.39, 0.29) is 17.5 Å². The van der Waals surface area contributed by atoms with Crippen molar-refractivity contribution in [2.24, 2.45) is 0 Å². The number of aryl methyl sites for hydroxylation is 1. The molecule has 0 saturated heterocycles. The minimum Gasteiger partial charge on any atom is -0.486 e. The van der Waals surface area contributed by atoms with Gasteiger partial charge < -0.3 is 28.1 Å². The molecule has 0 aliphatic carbocycles. The topological polar surface area (TPSA) is 51.2 Å². The molecule has 0 N–H and O–H groups in total. The second-order valence-corrected chi connectivity index (χ2v) is 19.7. The summed E-state index contributed by atoms with van der Waals surface area (Å²) in [5.74, 6) is 3.14. The number of nitrogens with zero attached hydrogens (tertiary/aromatic N) is 2. The average Bonchev–Trinajstić information content (AvgIpc) is 3.93. The fourth-order valence-corrected chi connectivity index (χ4v) is 10.1. The first kappa shape index (κ1) is 38.6. The van der Waals surface area contributed by atoms with Gasteiger partial charge in [0.25, 0.3) is 6.71 Å². The Bertz CT molecular complexity index is 3200. The molecule has 3 aliphatic heterocycles. The number of fused-ring (bicyclic) bond motifs is 7. The van der Waals surface area contributed by atoms with Crippen molar-refractivity contribution < 1.29 is 18.3 Å². The molecule has 0 fully saturated rings. The second kappa shape index (κ2) is 13.9. The predicted molar refractivity (Wildman–Crippen MR) is 264 cm³/mol. The first-order valence-corrected chi connectivity index (χ1v) is 22.4. The molecule has 7 heteroatoms. The summed E-state index contributed by atoms with van der Waals surface area (Å²) in [5.41, 5.74) is 17.5. The van der Waals surface area contributed by atoms with Crippen LogP contribution in [-0.4, -0.2) is 19.9 Å². The van der Waals surface area contributed by atoms with Crippen LogP contribution in [0.15, 0.2) is 154 Å². The third-order valence-electron chi connectivity index (χ3n) is 13.3. The van der Waals surface area contributed by atoms with Gasteiger partial charge in [0.05, 0.1) is 5.69 Å². The van der Waals surface area contributed by atoms with Gasteiger partial charge >= 0.3 is 0 Å². The second-order valence-electron chi connectivity index (χ2n) is 19.7. The maximum Gasteiger partial charge on any atom is 0.252 e. The third kappa shape index (κ3) is 6.08. The van der Waals surface area contributed by atoms with E-state index in [4.69, 9.17) is 18.3 Å². The van der Waals surface area contributed by atoms with E-state index in [2.05, 4.69) is 174 Å². The number of hydrogen-bond donors (Lipinski definition) is 0. The number of benzene rings is 7. The lowest BCUT2D eigenvalue weighted by Gasteiger charge is -2.45. The Morgan fingerprint density at radius 2 is 1.03 bits per heavy atom. The van der Waals surface area contributed by atoms with Gasteiger partial charge in [-0.15, -0.1) is 0 Å². The van der Waals surface area contributed by atoms with Crippen LogP contribution in [-0.2, 0) is 10.8 Å². The summed E-state index contributed by atoms with van der Waals surface area (Å²) >= 11 is 0. The SMILES string of the molecule is Cc1cc2c3c(c1)N(c1cccc4c1OCCO4)c1ccc(C(C)(C)C)cc1B3c1cc(C(C)(C)C)ccc1N2c1cc(-c2cc3ccccc3o2)cc(-c2cc3ccccc3o2)c1. The van der Waals surface area contributed by atoms with Crippen LogP contribution in [0.1, 0.15) is 58.2 Å². The number of hydrogen-bond acceptors (Lipinski definition) is 6. The Balaban J connectivity index is 1.17. The molecule has 0 unspecified atom stereocenters. The van der Waals surface area contributed by atoms with Crippen molar-refractivity contribution in [2.75, 3.05) is 23.0 Å². The van der Waals surface area contributed by atoms with E-state index in [0.717, 1.165) is 95.8 Å². The van der Waals surface area contributed by atoms with Crippen molar-refractivity contribution in [2.45, 2.75) is 59.3 Å². The average molecular weight is 837 g/mol. The Labute approximate surface area is 374 Å². The van der Waals surface area contributed by atoms with Crippen LogP contribution in [0.25, 0.3) is 44.6 Å². The van der Waals surface area contributed by atoms with E-state index in [9.17, 15) is 0 Å². The van der Waals surface area contributed by atoms with Crippen molar-refractivity contribution >= 4 is 79.2 Å². The van der Waals surface area contributed by atoms with Crippen LogP contribution in [0.5, 0.6) is 11.5 Å². The summed E-state index contributed by atoms with van der Waals surface area (Å²) in [5, 5.41) is 2.13. The molecule has 6 nitrogen and oxygen atoms in total. The maximum absolute atomic E-state index is 6.63. The summed E-state index contributed by atoms with van der Waals surface area (Å²) in [7, 11) is 0. The predicted octanol–water partition coefficient (Wildman–Crippen LogP) is 13.3. The molecule has 314 valence electrons. The third-order valence-corrected chi connectivity index (χ3v) is 13.3. The highest BCUT2D eigenvalue weighted by molar-refractivity contribution is 7.00. The number of furan rings is 2. The molecule has 9 aromatic rings. The van der Waals surface area contributed by atoms with Crippen LogP contribution in [0.3, 0.4) is 0 Å². The first-order valence-electron chi connectivity index (χ1n) is 22.4. The standard InChI is InChI=1S/C57H49BN2O4/c1-34-25-47-54-48(26-34)60(46-15-12-18-51-55(46)62-24-23-61-51)45-22-20-40(57(5,6)7)33-43(45)58(54)42-32-39(56(2,3)4)19-21-44(42)59(47)41-28-37(52-30-35-13-8-10-16-49(35)63-52)27-38(29-41)53-31-36-14-9-11-17-50(36)64-53/h8-22,25-33H,23-24H2,1-7H3. The van der Waals surface area contributed by atoms with Gasteiger partial charge in [0, 0.05) is 50.3 Å². The largest absolute Gasteiger partial charge is 0.486 e. The van der Waals surface area contributed by atoms with Crippen molar-refractivity contribution in [1.82, 2.24) is 0 Å². The molecule has 0 saturated carbocycles. The zero-order valence-electron chi connectivity index (χ0n) is 37.4. The highest BCUT2D eigenvalue weighted by atomic mass is 16.6. The molecule has 64 heavy (non-hydrogen) atoms. The number of rotatable bonds is 4. The summed E-state index contributed by atoms with van der Waals surface area (Å²) in [6, 6.07) is 52.8. The minimum absolute atomic E-state index is 0.0576. The van der Waals surface area contributed by atoms with Gasteiger partial charge in [-0.05, 0) is 130 Å². The van der Waals surface area contributed by atoms with E-state index in [1.54, 1.807) is 0 Å². The van der Waals surface area contributed by atoms with Crippen LogP contribution >= 0.6 is 0 Å². The highest BCUT2D eigenvalue weighted by Crippen LogP contribution is 2.50. The smallest absolute Gasteiger partial charge is 0.252 e. The lowest BCUT2D eigenvalue weighted by atomic mass is 9.33. The van der Waals surface area contributed by atoms with Crippen molar-refractivity contribution in [3.63, 3.8) is 0 Å². The maximum atomic E-state index is 6.63. The summed E-state index contributed by atoms with van der Waals surface area (Å²) in [4.78, 5) is 4.92. The molecule has 0 radical (unpaired) electrons. The van der Waals surface area contributed by atoms with Crippen molar-refractivity contribution in [3.05, 3.63) is 162 Å². The molecule has 2 aromatic heterocycles. The molecule has 0 spiro atoms. The molecule has 0 atom stereocenters. The Hall–Kier alpha value is -7.12. The van der Waals surface area contributed by atoms with E-state index < -0.39 is 0 Å².